The van der Waals surface area contributed by atoms with Crippen molar-refractivity contribution in [2.45, 2.75) is 57.5 Å². The molecule has 0 bridgehead atoms. The molecule has 1 saturated heterocycles. The molecule has 0 radical (unpaired) electrons. The highest BCUT2D eigenvalue weighted by Crippen LogP contribution is 2.45. The van der Waals surface area contributed by atoms with Crippen LogP contribution < -0.4 is 14.2 Å². The van der Waals surface area contributed by atoms with Crippen molar-refractivity contribution >= 4 is 29.9 Å². The Morgan fingerprint density at radius 1 is 1.02 bits per heavy atom. The molecular formula is C37H35ClF3N5O7. The molecule has 2 amide bonds. The molecule has 0 saturated carbocycles. The van der Waals surface area contributed by atoms with Crippen LogP contribution in [0.25, 0.3) is 22.5 Å². The van der Waals surface area contributed by atoms with Gasteiger partial charge in [0.1, 0.15) is 11.7 Å². The Hall–Kier alpha value is -5.44. The van der Waals surface area contributed by atoms with Gasteiger partial charge in [0.15, 0.2) is 6.29 Å². The first kappa shape index (κ1) is 37.3. The molecule has 16 heteroatoms. The third-order valence-corrected chi connectivity index (χ3v) is 9.95. The lowest BCUT2D eigenvalue weighted by atomic mass is 9.98. The van der Waals surface area contributed by atoms with Gasteiger partial charge in [0.05, 0.1) is 42.7 Å². The molecule has 2 aliphatic rings. The number of aldehydes is 1. The van der Waals surface area contributed by atoms with Gasteiger partial charge in [-0.25, -0.2) is 9.78 Å². The largest absolute Gasteiger partial charge is 0.481 e. The molecule has 0 unspecified atom stereocenters. The summed E-state index contributed by atoms with van der Waals surface area (Å²) >= 11 is 7.01. The van der Waals surface area contributed by atoms with Gasteiger partial charge in [-0.1, -0.05) is 29.8 Å². The number of amides is 2. The van der Waals surface area contributed by atoms with Crippen LogP contribution in [0, 0.1) is 0 Å². The van der Waals surface area contributed by atoms with Gasteiger partial charge in [0, 0.05) is 48.9 Å². The summed E-state index contributed by atoms with van der Waals surface area (Å²) < 4.78 is 58.5. The van der Waals surface area contributed by atoms with Gasteiger partial charge in [-0.2, -0.15) is 18.2 Å². The summed E-state index contributed by atoms with van der Waals surface area (Å²) in [6.45, 7) is 2.47. The van der Waals surface area contributed by atoms with E-state index in [1.54, 1.807) is 41.4 Å². The van der Waals surface area contributed by atoms with E-state index in [0.717, 1.165) is 5.56 Å². The summed E-state index contributed by atoms with van der Waals surface area (Å²) in [6.07, 6.45) is -3.11. The van der Waals surface area contributed by atoms with Crippen LogP contribution >= 0.6 is 11.6 Å². The number of alkyl halides is 3. The number of pyridine rings is 3. The minimum atomic E-state index is -4.84. The number of ether oxygens (including phenoxy) is 3. The number of carboxylic acid groups (broad SMARTS) is 1. The quantitative estimate of drug-likeness (QED) is 0.164. The number of carbonyl (C=O) groups is 3. The Morgan fingerprint density at radius 2 is 1.75 bits per heavy atom. The number of halogens is 4. The molecule has 4 heterocycles. The number of benzene rings is 1. The van der Waals surface area contributed by atoms with Crippen molar-refractivity contribution in [1.82, 2.24) is 24.8 Å². The number of fused-ring (bicyclic) bond motifs is 1. The third kappa shape index (κ3) is 7.56. The minimum Gasteiger partial charge on any atom is -0.481 e. The average molecular weight is 754 g/mol. The molecule has 1 aromatic carbocycles. The number of carbonyl (C=O) groups excluding carboxylic acids is 2. The number of aromatic nitrogens is 3. The third-order valence-electron chi connectivity index (χ3n) is 9.57. The zero-order chi connectivity index (χ0) is 38.0. The van der Waals surface area contributed by atoms with Crippen LogP contribution in [0.4, 0.5) is 18.0 Å². The maximum absolute atomic E-state index is 14.0. The van der Waals surface area contributed by atoms with Crippen molar-refractivity contribution in [3.05, 3.63) is 81.5 Å². The first-order valence-electron chi connectivity index (χ1n) is 16.7. The number of rotatable bonds is 10. The highest BCUT2D eigenvalue weighted by atomic mass is 35.5. The summed E-state index contributed by atoms with van der Waals surface area (Å²) in [4.78, 5) is 51.6. The fourth-order valence-corrected chi connectivity index (χ4v) is 7.22. The van der Waals surface area contributed by atoms with E-state index in [2.05, 4.69) is 15.0 Å². The van der Waals surface area contributed by atoms with E-state index >= 15 is 0 Å². The molecule has 278 valence electrons. The fourth-order valence-electron chi connectivity index (χ4n) is 6.91. The predicted octanol–water partition coefficient (Wildman–Crippen LogP) is 7.26. The summed E-state index contributed by atoms with van der Waals surface area (Å²) in [6, 6.07) is 10.8. The Bertz CT molecular complexity index is 2060. The first-order valence-corrected chi connectivity index (χ1v) is 17.1. The number of hydrogen-bond donors (Lipinski definition) is 1. The van der Waals surface area contributed by atoms with Crippen molar-refractivity contribution in [1.29, 1.82) is 0 Å². The smallest absolute Gasteiger partial charge is 0.421 e. The second-order valence-electron chi connectivity index (χ2n) is 12.6. The van der Waals surface area contributed by atoms with Gasteiger partial charge < -0.3 is 29.1 Å². The van der Waals surface area contributed by atoms with Gasteiger partial charge in [0.2, 0.25) is 23.5 Å². The Balaban J connectivity index is 1.28. The van der Waals surface area contributed by atoms with Crippen LogP contribution in [0.5, 0.6) is 17.6 Å². The van der Waals surface area contributed by atoms with E-state index in [-0.39, 0.29) is 47.1 Å². The van der Waals surface area contributed by atoms with Crippen LogP contribution in [-0.4, -0.2) is 81.5 Å². The first-order chi connectivity index (χ1) is 25.3. The highest BCUT2D eigenvalue weighted by molar-refractivity contribution is 6.35. The Labute approximate surface area is 307 Å². The van der Waals surface area contributed by atoms with Crippen LogP contribution in [0.2, 0.25) is 5.02 Å². The van der Waals surface area contributed by atoms with Gasteiger partial charge in [-0.3, -0.25) is 14.6 Å². The fraction of sp³-hybridized carbons (Fsp3) is 0.351. The van der Waals surface area contributed by atoms with E-state index in [1.165, 1.54) is 26.0 Å². The molecule has 1 N–H and O–H groups in total. The standard InChI is InChI=1S/C37H35ClF3N5O7/c1-20(48)45-15-12-23(13-16-45)46(36(49)50)18-21-7-9-29(43-33(21)51-2)27-11-14-42-32(31(27)38)26-6-4-5-25-24(26)8-10-30(25)53-35-28(37(39,40)41)17-22(19-47)34(44-35)52-3/h4-7,9,11,14,17,19,23,30H,8,10,12-13,15-16,18H2,1-3H3,(H,49,50)/t30-/m0/s1. The zero-order valence-electron chi connectivity index (χ0n) is 28.9. The molecule has 1 aliphatic carbocycles. The van der Waals surface area contributed by atoms with Crippen LogP contribution in [0.15, 0.2) is 48.7 Å². The van der Waals surface area contributed by atoms with Crippen molar-refractivity contribution in [3.63, 3.8) is 0 Å². The second-order valence-corrected chi connectivity index (χ2v) is 13.0. The maximum Gasteiger partial charge on any atom is 0.421 e. The number of hydrogen-bond acceptors (Lipinski definition) is 9. The van der Waals surface area contributed by atoms with Gasteiger partial charge in [-0.15, -0.1) is 0 Å². The Kier molecular flexibility index (Phi) is 10.8. The molecule has 12 nitrogen and oxygen atoms in total. The zero-order valence-corrected chi connectivity index (χ0v) is 29.7. The van der Waals surface area contributed by atoms with Crippen molar-refractivity contribution < 1.29 is 46.9 Å². The average Bonchev–Trinajstić information content (AvgIpc) is 3.56. The highest BCUT2D eigenvalue weighted by Gasteiger charge is 2.39. The SMILES string of the molecule is COc1nc(O[C@H]2CCc3c(-c4nccc(-c5ccc(CN(C(=O)O)C6CCN(C(C)=O)CC6)c(OC)n5)c4Cl)cccc32)c(C(F)(F)F)cc1C=O. The molecule has 53 heavy (non-hydrogen) atoms. The summed E-state index contributed by atoms with van der Waals surface area (Å²) in [5.74, 6) is -0.809. The monoisotopic (exact) mass is 753 g/mol. The van der Waals surface area contributed by atoms with Gasteiger partial charge in [-0.05, 0) is 61.1 Å². The van der Waals surface area contributed by atoms with Gasteiger partial charge >= 0.3 is 12.3 Å². The van der Waals surface area contributed by atoms with E-state index < -0.39 is 29.8 Å². The second kappa shape index (κ2) is 15.3. The van der Waals surface area contributed by atoms with Gasteiger partial charge in [0.25, 0.3) is 0 Å². The van der Waals surface area contributed by atoms with Crippen molar-refractivity contribution in [2.75, 3.05) is 27.3 Å². The lowest BCUT2D eigenvalue weighted by molar-refractivity contribution is -0.139. The molecule has 4 aromatic rings. The minimum absolute atomic E-state index is 0.0270. The van der Waals surface area contributed by atoms with Crippen molar-refractivity contribution in [2.24, 2.45) is 0 Å². The number of nitrogens with zero attached hydrogens (tertiary/aromatic N) is 5. The normalized spacial score (nSPS) is 15.8. The summed E-state index contributed by atoms with van der Waals surface area (Å²) in [7, 11) is 2.64. The number of methoxy groups -OCH3 is 2. The molecular weight excluding hydrogens is 719 g/mol. The lowest BCUT2D eigenvalue weighted by Gasteiger charge is -2.37. The molecule has 1 aliphatic heterocycles. The van der Waals surface area contributed by atoms with Crippen LogP contribution in [-0.2, 0) is 23.9 Å². The van der Waals surface area contributed by atoms with Crippen molar-refractivity contribution in [3.8, 4) is 40.2 Å². The summed E-state index contributed by atoms with van der Waals surface area (Å²) in [5.41, 5.74) is 2.49. The van der Waals surface area contributed by atoms with Crippen LogP contribution in [0.1, 0.15) is 64.9 Å². The lowest BCUT2D eigenvalue weighted by Crippen LogP contribution is -2.47. The molecule has 3 aromatic heterocycles. The Morgan fingerprint density at radius 3 is 2.40 bits per heavy atom. The summed E-state index contributed by atoms with van der Waals surface area (Å²) in [5, 5.41) is 10.3. The molecule has 1 atom stereocenters. The number of piperidine rings is 1. The molecule has 0 spiro atoms. The molecule has 6 rings (SSSR count). The topological polar surface area (TPSA) is 144 Å². The molecule has 1 fully saturated rings. The van der Waals surface area contributed by atoms with E-state index in [4.69, 9.17) is 25.8 Å². The van der Waals surface area contributed by atoms with E-state index in [9.17, 15) is 32.7 Å². The number of likely N-dealkylation sites (tertiary alicyclic amines) is 1. The van der Waals surface area contributed by atoms with E-state index in [0.29, 0.717) is 78.5 Å². The predicted molar refractivity (Wildman–Crippen MR) is 186 cm³/mol. The van der Waals surface area contributed by atoms with Crippen LogP contribution in [0.3, 0.4) is 0 Å². The van der Waals surface area contributed by atoms with E-state index in [1.807, 2.05) is 6.07 Å². The maximum atomic E-state index is 14.0.